The van der Waals surface area contributed by atoms with E-state index in [0.717, 1.165) is 11.1 Å². The number of halogens is 1. The minimum Gasteiger partial charge on any atom is -0.314 e. The summed E-state index contributed by atoms with van der Waals surface area (Å²) >= 11 is 0. The zero-order valence-electron chi connectivity index (χ0n) is 11.1. The summed E-state index contributed by atoms with van der Waals surface area (Å²) < 4.78 is 12.7. The molecule has 0 aliphatic rings. The Labute approximate surface area is 117 Å². The molecule has 4 heteroatoms. The van der Waals surface area contributed by atoms with Crippen LogP contribution in [0.25, 0.3) is 6.08 Å². The average molecular weight is 270 g/mol. The SMILES string of the molecule is Cc1ccccc1/C=C/NC(=O)Nc1ccc(F)cc1. The molecule has 2 rings (SSSR count). The van der Waals surface area contributed by atoms with Gasteiger partial charge in [-0.05, 0) is 48.4 Å². The first-order chi connectivity index (χ1) is 9.65. The van der Waals surface area contributed by atoms with E-state index < -0.39 is 0 Å². The minimum atomic E-state index is -0.374. The van der Waals surface area contributed by atoms with Gasteiger partial charge in [0, 0.05) is 11.9 Å². The molecule has 0 fully saturated rings. The Morgan fingerprint density at radius 1 is 1.10 bits per heavy atom. The zero-order valence-corrected chi connectivity index (χ0v) is 11.1. The second-order valence-electron chi connectivity index (χ2n) is 4.30. The number of anilines is 1. The van der Waals surface area contributed by atoms with Gasteiger partial charge in [0.2, 0.25) is 0 Å². The van der Waals surface area contributed by atoms with E-state index in [-0.39, 0.29) is 11.8 Å². The number of amides is 2. The van der Waals surface area contributed by atoms with Gasteiger partial charge in [-0.15, -0.1) is 0 Å². The van der Waals surface area contributed by atoms with Crippen molar-refractivity contribution in [3.63, 3.8) is 0 Å². The van der Waals surface area contributed by atoms with E-state index in [0.29, 0.717) is 5.69 Å². The molecule has 0 unspecified atom stereocenters. The summed E-state index contributed by atoms with van der Waals surface area (Å²) in [7, 11) is 0. The molecule has 0 saturated carbocycles. The van der Waals surface area contributed by atoms with E-state index in [4.69, 9.17) is 0 Å². The van der Waals surface area contributed by atoms with Gasteiger partial charge >= 0.3 is 6.03 Å². The number of nitrogens with one attached hydrogen (secondary N) is 2. The van der Waals surface area contributed by atoms with Crippen LogP contribution in [0.1, 0.15) is 11.1 Å². The molecular formula is C16H15FN2O. The van der Waals surface area contributed by atoms with Gasteiger partial charge in [-0.25, -0.2) is 9.18 Å². The lowest BCUT2D eigenvalue weighted by molar-refractivity contribution is 0.255. The van der Waals surface area contributed by atoms with E-state index >= 15 is 0 Å². The van der Waals surface area contributed by atoms with Crippen LogP contribution in [-0.4, -0.2) is 6.03 Å². The lowest BCUT2D eigenvalue weighted by atomic mass is 10.1. The highest BCUT2D eigenvalue weighted by Crippen LogP contribution is 2.09. The Morgan fingerprint density at radius 2 is 1.80 bits per heavy atom. The molecule has 0 aromatic heterocycles. The van der Waals surface area contributed by atoms with Crippen molar-refractivity contribution < 1.29 is 9.18 Å². The van der Waals surface area contributed by atoms with Crippen molar-refractivity contribution in [3.8, 4) is 0 Å². The summed E-state index contributed by atoms with van der Waals surface area (Å²) in [4.78, 5) is 11.6. The van der Waals surface area contributed by atoms with Gasteiger partial charge in [-0.3, -0.25) is 0 Å². The normalized spacial score (nSPS) is 10.5. The molecule has 0 spiro atoms. The summed E-state index contributed by atoms with van der Waals surface area (Å²) in [6.45, 7) is 2.00. The number of urea groups is 1. The van der Waals surface area contributed by atoms with Crippen LogP contribution in [0.4, 0.5) is 14.9 Å². The molecule has 0 atom stereocenters. The molecule has 0 heterocycles. The molecule has 0 bridgehead atoms. The number of carbonyl (C=O) groups excluding carboxylic acids is 1. The first kappa shape index (κ1) is 13.8. The topological polar surface area (TPSA) is 41.1 Å². The summed E-state index contributed by atoms with van der Waals surface area (Å²) in [6.07, 6.45) is 3.39. The summed E-state index contributed by atoms with van der Waals surface area (Å²) in [6, 6.07) is 13.1. The van der Waals surface area contributed by atoms with Gasteiger partial charge in [-0.1, -0.05) is 24.3 Å². The van der Waals surface area contributed by atoms with Crippen molar-refractivity contribution in [2.45, 2.75) is 6.92 Å². The van der Waals surface area contributed by atoms with Crippen LogP contribution in [0.15, 0.2) is 54.7 Å². The molecule has 0 saturated heterocycles. The molecule has 102 valence electrons. The summed E-state index contributed by atoms with van der Waals surface area (Å²) in [5.41, 5.74) is 2.70. The largest absolute Gasteiger partial charge is 0.323 e. The molecule has 20 heavy (non-hydrogen) atoms. The minimum absolute atomic E-state index is 0.338. The molecular weight excluding hydrogens is 255 g/mol. The Morgan fingerprint density at radius 3 is 2.50 bits per heavy atom. The van der Waals surface area contributed by atoms with Gasteiger partial charge in [0.25, 0.3) is 0 Å². The standard InChI is InChI=1S/C16H15FN2O/c1-12-4-2-3-5-13(12)10-11-18-16(20)19-15-8-6-14(17)7-9-15/h2-11H,1H3,(H2,18,19,20)/b11-10+. The third-order valence-corrected chi connectivity index (χ3v) is 2.77. The van der Waals surface area contributed by atoms with Crippen molar-refractivity contribution >= 4 is 17.8 Å². The molecule has 2 aromatic carbocycles. The van der Waals surface area contributed by atoms with Crippen LogP contribution < -0.4 is 10.6 Å². The fraction of sp³-hybridized carbons (Fsp3) is 0.0625. The molecule has 0 aliphatic carbocycles. The highest BCUT2D eigenvalue weighted by atomic mass is 19.1. The Balaban J connectivity index is 1.89. The predicted octanol–water partition coefficient (Wildman–Crippen LogP) is 3.93. The van der Waals surface area contributed by atoms with Crippen LogP contribution in [-0.2, 0) is 0 Å². The van der Waals surface area contributed by atoms with E-state index in [1.54, 1.807) is 6.20 Å². The number of hydrogen-bond donors (Lipinski definition) is 2. The van der Waals surface area contributed by atoms with Crippen LogP contribution >= 0.6 is 0 Å². The summed E-state index contributed by atoms with van der Waals surface area (Å²) in [5, 5.41) is 5.20. The molecule has 3 nitrogen and oxygen atoms in total. The van der Waals surface area contributed by atoms with Crippen LogP contribution in [0, 0.1) is 12.7 Å². The zero-order chi connectivity index (χ0) is 14.4. The van der Waals surface area contributed by atoms with Crippen LogP contribution in [0.2, 0.25) is 0 Å². The van der Waals surface area contributed by atoms with Crippen LogP contribution in [0.3, 0.4) is 0 Å². The van der Waals surface area contributed by atoms with Gasteiger partial charge < -0.3 is 10.6 Å². The number of aryl methyl sites for hydroxylation is 1. The van der Waals surface area contributed by atoms with Gasteiger partial charge in [0.15, 0.2) is 0 Å². The predicted molar refractivity (Wildman–Crippen MR) is 78.8 cm³/mol. The van der Waals surface area contributed by atoms with Gasteiger partial charge in [-0.2, -0.15) is 0 Å². The highest BCUT2D eigenvalue weighted by molar-refractivity contribution is 5.90. The Bertz CT molecular complexity index is 621. The highest BCUT2D eigenvalue weighted by Gasteiger charge is 1.99. The maximum Gasteiger partial charge on any atom is 0.323 e. The summed E-state index contributed by atoms with van der Waals surface area (Å²) in [5.74, 6) is -0.338. The lowest BCUT2D eigenvalue weighted by Crippen LogP contribution is -2.23. The van der Waals surface area contributed by atoms with Crippen molar-refractivity contribution in [2.75, 3.05) is 5.32 Å². The van der Waals surface area contributed by atoms with E-state index in [1.807, 2.05) is 37.3 Å². The van der Waals surface area contributed by atoms with Crippen molar-refractivity contribution in [1.82, 2.24) is 5.32 Å². The molecule has 0 aliphatic heterocycles. The second kappa shape index (κ2) is 6.52. The van der Waals surface area contributed by atoms with Crippen molar-refractivity contribution in [1.29, 1.82) is 0 Å². The smallest absolute Gasteiger partial charge is 0.314 e. The molecule has 2 N–H and O–H groups in total. The molecule has 2 aromatic rings. The Kier molecular flexibility index (Phi) is 4.50. The fourth-order valence-electron chi connectivity index (χ4n) is 1.68. The Hall–Kier alpha value is -2.62. The third-order valence-electron chi connectivity index (χ3n) is 2.77. The van der Waals surface area contributed by atoms with Gasteiger partial charge in [0.1, 0.15) is 5.82 Å². The second-order valence-corrected chi connectivity index (χ2v) is 4.30. The van der Waals surface area contributed by atoms with Crippen molar-refractivity contribution in [2.24, 2.45) is 0 Å². The molecule has 0 radical (unpaired) electrons. The molecule has 2 amide bonds. The number of benzene rings is 2. The number of rotatable bonds is 3. The number of hydrogen-bond acceptors (Lipinski definition) is 1. The fourth-order valence-corrected chi connectivity index (χ4v) is 1.68. The maximum absolute atomic E-state index is 12.7. The lowest BCUT2D eigenvalue weighted by Gasteiger charge is -2.04. The van der Waals surface area contributed by atoms with E-state index in [9.17, 15) is 9.18 Å². The van der Waals surface area contributed by atoms with Gasteiger partial charge in [0.05, 0.1) is 0 Å². The quantitative estimate of drug-likeness (QED) is 0.871. The van der Waals surface area contributed by atoms with Crippen molar-refractivity contribution in [3.05, 3.63) is 71.7 Å². The first-order valence-corrected chi connectivity index (χ1v) is 6.20. The van der Waals surface area contributed by atoms with E-state index in [1.165, 1.54) is 24.3 Å². The number of carbonyl (C=O) groups is 1. The monoisotopic (exact) mass is 270 g/mol. The first-order valence-electron chi connectivity index (χ1n) is 6.20. The van der Waals surface area contributed by atoms with Crippen LogP contribution in [0.5, 0.6) is 0 Å². The van der Waals surface area contributed by atoms with E-state index in [2.05, 4.69) is 10.6 Å². The average Bonchev–Trinajstić information content (AvgIpc) is 2.43. The maximum atomic E-state index is 12.7. The third kappa shape index (κ3) is 3.95.